The molecule has 1 atom stereocenters. The molecule has 0 spiro atoms. The van der Waals surface area contributed by atoms with Gasteiger partial charge in [0.05, 0.1) is 6.33 Å². The molecule has 94 valence electrons. The molecular weight excluding hydrogens is 224 g/mol. The molecule has 1 rings (SSSR count). The fourth-order valence-electron chi connectivity index (χ4n) is 1.46. The number of aliphatic carboxylic acids is 1. The summed E-state index contributed by atoms with van der Waals surface area (Å²) in [7, 11) is 0. The fraction of sp³-hybridized carbons (Fsp3) is 0.500. The van der Waals surface area contributed by atoms with Crippen LogP contribution in [-0.2, 0) is 16.0 Å². The molecule has 1 heterocycles. The first-order chi connectivity index (χ1) is 8.00. The summed E-state index contributed by atoms with van der Waals surface area (Å²) >= 11 is 0. The van der Waals surface area contributed by atoms with E-state index in [1.54, 1.807) is 0 Å². The van der Waals surface area contributed by atoms with Gasteiger partial charge >= 0.3 is 5.97 Å². The summed E-state index contributed by atoms with van der Waals surface area (Å²) in [5, 5.41) is 9.09. The molecule has 1 aromatic rings. The lowest BCUT2D eigenvalue weighted by Gasteiger charge is -2.22. The fourth-order valence-corrected chi connectivity index (χ4v) is 1.46. The second-order valence-electron chi connectivity index (χ2n) is 3.85. The van der Waals surface area contributed by atoms with Gasteiger partial charge in [-0.3, -0.25) is 4.79 Å². The molecule has 0 fully saturated rings. The molecule has 0 aliphatic heterocycles. The van der Waals surface area contributed by atoms with Gasteiger partial charge in [0.25, 0.3) is 0 Å². The van der Waals surface area contributed by atoms with Crippen LogP contribution in [0.4, 0.5) is 0 Å². The average Bonchev–Trinajstić information content (AvgIpc) is 2.77. The van der Waals surface area contributed by atoms with Crippen LogP contribution in [0.3, 0.4) is 0 Å². The molecule has 0 aliphatic rings. The monoisotopic (exact) mass is 240 g/mol. The highest BCUT2D eigenvalue weighted by atomic mass is 16.4. The molecule has 0 aliphatic carbocycles. The minimum Gasteiger partial charge on any atom is -0.480 e. The van der Waals surface area contributed by atoms with Crippen LogP contribution in [0.2, 0.25) is 0 Å². The van der Waals surface area contributed by atoms with Crippen molar-refractivity contribution in [1.82, 2.24) is 9.97 Å². The number of rotatable bonds is 7. The van der Waals surface area contributed by atoms with Crippen LogP contribution >= 0.6 is 0 Å². The van der Waals surface area contributed by atoms with Gasteiger partial charge in [-0.2, -0.15) is 0 Å². The van der Waals surface area contributed by atoms with Crippen LogP contribution < -0.4 is 11.5 Å². The quantitative estimate of drug-likeness (QED) is 0.453. The number of ketones is 1. The van der Waals surface area contributed by atoms with Crippen molar-refractivity contribution in [2.75, 3.05) is 6.54 Å². The summed E-state index contributed by atoms with van der Waals surface area (Å²) in [5.41, 5.74) is 9.55. The Balaban J connectivity index is 2.81. The van der Waals surface area contributed by atoms with E-state index in [2.05, 4.69) is 9.97 Å². The van der Waals surface area contributed by atoms with Crippen LogP contribution in [0.15, 0.2) is 12.5 Å². The van der Waals surface area contributed by atoms with Gasteiger partial charge in [-0.05, 0) is 13.0 Å². The zero-order valence-corrected chi connectivity index (χ0v) is 9.35. The van der Waals surface area contributed by atoms with Gasteiger partial charge in [0.15, 0.2) is 11.3 Å². The topological polar surface area (TPSA) is 135 Å². The molecule has 0 radical (unpaired) electrons. The van der Waals surface area contributed by atoms with Crippen molar-refractivity contribution in [2.24, 2.45) is 11.5 Å². The number of imidazole rings is 1. The van der Waals surface area contributed by atoms with Crippen LogP contribution in [0.1, 0.15) is 18.5 Å². The number of nitrogens with one attached hydrogen (secondary N) is 1. The van der Waals surface area contributed by atoms with Crippen molar-refractivity contribution in [2.45, 2.75) is 24.8 Å². The SMILES string of the molecule is NCCCC(=O)[C@](N)(Cc1cnc[nH]1)C(=O)O. The normalized spacial score (nSPS) is 14.2. The highest BCUT2D eigenvalue weighted by Gasteiger charge is 2.41. The van der Waals surface area contributed by atoms with E-state index in [0.717, 1.165) is 0 Å². The predicted molar refractivity (Wildman–Crippen MR) is 60.1 cm³/mol. The zero-order valence-electron chi connectivity index (χ0n) is 9.35. The number of aromatic amines is 1. The van der Waals surface area contributed by atoms with Crippen molar-refractivity contribution >= 4 is 11.8 Å². The van der Waals surface area contributed by atoms with Gasteiger partial charge in [-0.25, -0.2) is 9.78 Å². The first-order valence-corrected chi connectivity index (χ1v) is 5.23. The standard InChI is InChI=1S/C10H16N4O3/c11-3-1-2-8(15)10(12,9(16)17)4-7-5-13-6-14-7/h5-6H,1-4,11-12H2,(H,13,14)(H,16,17)/t10-/m1/s1. The molecule has 7 nitrogen and oxygen atoms in total. The number of hydrogen-bond donors (Lipinski definition) is 4. The Bertz CT molecular complexity index is 390. The van der Waals surface area contributed by atoms with Crippen molar-refractivity contribution in [1.29, 1.82) is 0 Å². The molecule has 0 unspecified atom stereocenters. The Morgan fingerprint density at radius 3 is 2.71 bits per heavy atom. The van der Waals surface area contributed by atoms with Crippen molar-refractivity contribution in [3.8, 4) is 0 Å². The Morgan fingerprint density at radius 2 is 2.24 bits per heavy atom. The third kappa shape index (κ3) is 3.11. The second-order valence-corrected chi connectivity index (χ2v) is 3.85. The highest BCUT2D eigenvalue weighted by molar-refractivity contribution is 6.07. The number of H-pyrrole nitrogens is 1. The summed E-state index contributed by atoms with van der Waals surface area (Å²) in [6, 6.07) is 0. The Labute approximate surface area is 98.2 Å². The Morgan fingerprint density at radius 1 is 1.53 bits per heavy atom. The molecular formula is C10H16N4O3. The van der Waals surface area contributed by atoms with Crippen molar-refractivity contribution in [3.05, 3.63) is 18.2 Å². The van der Waals surface area contributed by atoms with Crippen LogP contribution in [0, 0.1) is 0 Å². The summed E-state index contributed by atoms with van der Waals surface area (Å²) in [5.74, 6) is -1.86. The van der Waals surface area contributed by atoms with Crippen molar-refractivity contribution < 1.29 is 14.7 Å². The molecule has 1 aromatic heterocycles. The smallest absolute Gasteiger partial charge is 0.331 e. The first-order valence-electron chi connectivity index (χ1n) is 5.23. The van der Waals surface area contributed by atoms with Gasteiger partial charge in [0, 0.05) is 24.7 Å². The van der Waals surface area contributed by atoms with Gasteiger partial charge in [0.2, 0.25) is 0 Å². The maximum absolute atomic E-state index is 11.8. The first kappa shape index (κ1) is 13.3. The summed E-state index contributed by atoms with van der Waals surface area (Å²) < 4.78 is 0. The number of aromatic nitrogens is 2. The van der Waals surface area contributed by atoms with Crippen LogP contribution in [0.5, 0.6) is 0 Å². The Hall–Kier alpha value is -1.73. The third-order valence-corrected chi connectivity index (χ3v) is 2.51. The molecule has 0 aromatic carbocycles. The van der Waals surface area contributed by atoms with E-state index in [-0.39, 0.29) is 12.8 Å². The van der Waals surface area contributed by atoms with E-state index in [9.17, 15) is 9.59 Å². The van der Waals surface area contributed by atoms with E-state index in [1.165, 1.54) is 12.5 Å². The molecule has 7 heteroatoms. The maximum atomic E-state index is 11.8. The van der Waals surface area contributed by atoms with Gasteiger partial charge in [-0.1, -0.05) is 0 Å². The van der Waals surface area contributed by atoms with E-state index in [4.69, 9.17) is 16.6 Å². The number of Topliss-reactive ketones (excluding diaryl/α,β-unsaturated/α-hetero) is 1. The average molecular weight is 240 g/mol. The predicted octanol–water partition coefficient (Wildman–Crippen LogP) is -0.958. The largest absolute Gasteiger partial charge is 0.480 e. The number of carbonyl (C=O) groups excluding carboxylic acids is 1. The molecule has 0 bridgehead atoms. The lowest BCUT2D eigenvalue weighted by Crippen LogP contribution is -2.56. The van der Waals surface area contributed by atoms with Gasteiger partial charge < -0.3 is 21.6 Å². The Kier molecular flexibility index (Phi) is 4.36. The number of nitrogens with zero attached hydrogens (tertiary/aromatic N) is 1. The van der Waals surface area contributed by atoms with Gasteiger partial charge in [0.1, 0.15) is 0 Å². The molecule has 6 N–H and O–H groups in total. The molecule has 17 heavy (non-hydrogen) atoms. The summed E-state index contributed by atoms with van der Waals surface area (Å²) in [6.07, 6.45) is 3.23. The van der Waals surface area contributed by atoms with E-state index < -0.39 is 17.3 Å². The number of carboxylic acid groups (broad SMARTS) is 1. The molecule has 0 saturated heterocycles. The second kappa shape index (κ2) is 5.55. The number of nitrogens with two attached hydrogens (primary N) is 2. The van der Waals surface area contributed by atoms with E-state index in [0.29, 0.717) is 18.7 Å². The summed E-state index contributed by atoms with van der Waals surface area (Å²) in [6.45, 7) is 0.325. The number of carbonyl (C=O) groups is 2. The zero-order chi connectivity index (χ0) is 12.9. The molecule has 0 amide bonds. The van der Waals surface area contributed by atoms with E-state index in [1.807, 2.05) is 0 Å². The number of hydrogen-bond acceptors (Lipinski definition) is 5. The minimum absolute atomic E-state index is 0.0629. The molecule has 0 saturated carbocycles. The van der Waals surface area contributed by atoms with E-state index >= 15 is 0 Å². The van der Waals surface area contributed by atoms with Crippen molar-refractivity contribution in [3.63, 3.8) is 0 Å². The number of carboxylic acids is 1. The van der Waals surface area contributed by atoms with Crippen LogP contribution in [0.25, 0.3) is 0 Å². The third-order valence-electron chi connectivity index (χ3n) is 2.51. The van der Waals surface area contributed by atoms with Crippen LogP contribution in [-0.4, -0.2) is 38.9 Å². The lowest BCUT2D eigenvalue weighted by atomic mass is 9.87. The highest BCUT2D eigenvalue weighted by Crippen LogP contribution is 2.13. The summed E-state index contributed by atoms with van der Waals surface area (Å²) in [4.78, 5) is 29.4. The maximum Gasteiger partial charge on any atom is 0.331 e. The van der Waals surface area contributed by atoms with Gasteiger partial charge in [-0.15, -0.1) is 0 Å². The minimum atomic E-state index is -1.91. The lowest BCUT2D eigenvalue weighted by molar-refractivity contribution is -0.148.